The molecule has 1 heterocycles. The van der Waals surface area contributed by atoms with Crippen LogP contribution in [0.4, 0.5) is 10.1 Å². The average molecular weight is 233 g/mol. The van der Waals surface area contributed by atoms with Gasteiger partial charge in [0.2, 0.25) is 0 Å². The maximum atomic E-state index is 12.9. The molecule has 1 N–H and O–H groups in total. The third kappa shape index (κ3) is 2.64. The molecule has 4 heteroatoms. The summed E-state index contributed by atoms with van der Waals surface area (Å²) in [5.41, 5.74) is 4.03. The van der Waals surface area contributed by atoms with Crippen molar-refractivity contribution in [2.45, 2.75) is 20.4 Å². The topological polar surface area (TPSA) is 29.9 Å². The highest BCUT2D eigenvalue weighted by molar-refractivity contribution is 5.46. The number of aromatic nitrogens is 2. The summed E-state index contributed by atoms with van der Waals surface area (Å²) in [6, 6.07) is 4.84. The van der Waals surface area contributed by atoms with Gasteiger partial charge in [0.05, 0.1) is 11.4 Å². The summed E-state index contributed by atoms with van der Waals surface area (Å²) in [6.45, 7) is 4.55. The van der Waals surface area contributed by atoms with Crippen LogP contribution < -0.4 is 5.32 Å². The first-order valence-electron chi connectivity index (χ1n) is 5.55. The summed E-state index contributed by atoms with van der Waals surface area (Å²) in [4.78, 5) is 0. The smallest absolute Gasteiger partial charge is 0.123 e. The van der Waals surface area contributed by atoms with Gasteiger partial charge in [-0.15, -0.1) is 0 Å². The van der Waals surface area contributed by atoms with Gasteiger partial charge in [-0.2, -0.15) is 5.10 Å². The van der Waals surface area contributed by atoms with Crippen molar-refractivity contribution in [3.8, 4) is 0 Å². The van der Waals surface area contributed by atoms with Gasteiger partial charge < -0.3 is 5.32 Å². The van der Waals surface area contributed by atoms with E-state index in [-0.39, 0.29) is 5.82 Å². The molecule has 90 valence electrons. The number of benzene rings is 1. The lowest BCUT2D eigenvalue weighted by Crippen LogP contribution is -2.01. The van der Waals surface area contributed by atoms with Crippen LogP contribution in [0, 0.1) is 19.7 Å². The highest BCUT2D eigenvalue weighted by Gasteiger charge is 2.04. The Morgan fingerprint density at radius 2 is 2.12 bits per heavy atom. The molecule has 17 heavy (non-hydrogen) atoms. The van der Waals surface area contributed by atoms with Crippen LogP contribution >= 0.6 is 0 Å². The van der Waals surface area contributed by atoms with E-state index in [1.54, 1.807) is 10.7 Å². The second-order valence-electron chi connectivity index (χ2n) is 4.23. The lowest BCUT2D eigenvalue weighted by atomic mass is 10.1. The molecule has 3 nitrogen and oxygen atoms in total. The molecular weight excluding hydrogens is 217 g/mol. The van der Waals surface area contributed by atoms with Gasteiger partial charge in [-0.3, -0.25) is 4.68 Å². The molecule has 0 spiro atoms. The molecule has 0 fully saturated rings. The van der Waals surface area contributed by atoms with Crippen LogP contribution in [-0.4, -0.2) is 9.78 Å². The molecule has 0 saturated heterocycles. The van der Waals surface area contributed by atoms with E-state index in [1.807, 2.05) is 33.2 Å². The molecule has 0 amide bonds. The first-order chi connectivity index (χ1) is 8.06. The van der Waals surface area contributed by atoms with Crippen LogP contribution in [-0.2, 0) is 13.6 Å². The summed E-state index contributed by atoms with van der Waals surface area (Å²) >= 11 is 0. The maximum absolute atomic E-state index is 12.9. The van der Waals surface area contributed by atoms with Crippen molar-refractivity contribution in [1.29, 1.82) is 0 Å². The molecule has 1 aromatic heterocycles. The SMILES string of the molecule is Cc1cc(F)ccc1CNc1cn(C)nc1C. The molecule has 0 bridgehead atoms. The Morgan fingerprint density at radius 1 is 1.35 bits per heavy atom. The van der Waals surface area contributed by atoms with E-state index < -0.39 is 0 Å². The molecule has 0 aliphatic rings. The fourth-order valence-corrected chi connectivity index (χ4v) is 1.82. The van der Waals surface area contributed by atoms with E-state index in [1.165, 1.54) is 6.07 Å². The van der Waals surface area contributed by atoms with Gasteiger partial charge in [-0.25, -0.2) is 4.39 Å². The molecule has 0 unspecified atom stereocenters. The molecule has 0 aliphatic heterocycles. The van der Waals surface area contributed by atoms with Crippen LogP contribution in [0.15, 0.2) is 24.4 Å². The quantitative estimate of drug-likeness (QED) is 0.883. The van der Waals surface area contributed by atoms with Gasteiger partial charge in [0.25, 0.3) is 0 Å². The van der Waals surface area contributed by atoms with Crippen LogP contribution in [0.3, 0.4) is 0 Å². The van der Waals surface area contributed by atoms with Gasteiger partial charge in [0, 0.05) is 19.8 Å². The van der Waals surface area contributed by atoms with Crippen molar-refractivity contribution in [3.05, 3.63) is 47.0 Å². The Morgan fingerprint density at radius 3 is 2.71 bits per heavy atom. The standard InChI is InChI=1S/C13H16FN3/c1-9-6-12(14)5-4-11(9)7-15-13-8-17(3)16-10(13)2/h4-6,8,15H,7H2,1-3H3. The van der Waals surface area contributed by atoms with E-state index in [0.29, 0.717) is 6.54 Å². The van der Waals surface area contributed by atoms with Crippen molar-refractivity contribution in [2.24, 2.45) is 7.05 Å². The van der Waals surface area contributed by atoms with E-state index in [2.05, 4.69) is 10.4 Å². The summed E-state index contributed by atoms with van der Waals surface area (Å²) in [5, 5.41) is 7.56. The molecule has 0 saturated carbocycles. The lowest BCUT2D eigenvalue weighted by Gasteiger charge is -2.08. The van der Waals surface area contributed by atoms with Gasteiger partial charge >= 0.3 is 0 Å². The summed E-state index contributed by atoms with van der Waals surface area (Å²) in [7, 11) is 1.89. The molecule has 0 atom stereocenters. The van der Waals surface area contributed by atoms with Crippen LogP contribution in [0.2, 0.25) is 0 Å². The third-order valence-corrected chi connectivity index (χ3v) is 2.79. The predicted octanol–water partition coefficient (Wildman–Crippen LogP) is 2.79. The molecular formula is C13H16FN3. The maximum Gasteiger partial charge on any atom is 0.123 e. The second kappa shape index (κ2) is 4.57. The lowest BCUT2D eigenvalue weighted by molar-refractivity contribution is 0.625. The van der Waals surface area contributed by atoms with E-state index in [0.717, 1.165) is 22.5 Å². The predicted molar refractivity (Wildman–Crippen MR) is 66.4 cm³/mol. The van der Waals surface area contributed by atoms with Crippen molar-refractivity contribution < 1.29 is 4.39 Å². The largest absolute Gasteiger partial charge is 0.378 e. The number of hydrogen-bond acceptors (Lipinski definition) is 2. The van der Waals surface area contributed by atoms with E-state index in [4.69, 9.17) is 0 Å². The zero-order valence-corrected chi connectivity index (χ0v) is 10.3. The van der Waals surface area contributed by atoms with Crippen molar-refractivity contribution in [1.82, 2.24) is 9.78 Å². The normalized spacial score (nSPS) is 10.6. The number of hydrogen-bond donors (Lipinski definition) is 1. The fourth-order valence-electron chi connectivity index (χ4n) is 1.82. The molecule has 2 aromatic rings. The third-order valence-electron chi connectivity index (χ3n) is 2.79. The Balaban J connectivity index is 2.10. The summed E-state index contributed by atoms with van der Waals surface area (Å²) in [6.07, 6.45) is 1.94. The Labute approximate surface area is 100 Å². The highest BCUT2D eigenvalue weighted by Crippen LogP contribution is 2.15. The number of nitrogens with zero attached hydrogens (tertiary/aromatic N) is 2. The van der Waals surface area contributed by atoms with Crippen molar-refractivity contribution >= 4 is 5.69 Å². The first-order valence-corrected chi connectivity index (χ1v) is 5.55. The minimum Gasteiger partial charge on any atom is -0.378 e. The number of halogens is 1. The van der Waals surface area contributed by atoms with E-state index >= 15 is 0 Å². The van der Waals surface area contributed by atoms with Gasteiger partial charge in [-0.1, -0.05) is 6.07 Å². The van der Waals surface area contributed by atoms with Crippen LogP contribution in [0.1, 0.15) is 16.8 Å². The zero-order valence-electron chi connectivity index (χ0n) is 10.3. The summed E-state index contributed by atoms with van der Waals surface area (Å²) in [5.74, 6) is -0.191. The first kappa shape index (κ1) is 11.6. The molecule has 2 rings (SSSR count). The monoisotopic (exact) mass is 233 g/mol. The Hall–Kier alpha value is -1.84. The van der Waals surface area contributed by atoms with Gasteiger partial charge in [0.1, 0.15) is 5.82 Å². The second-order valence-corrected chi connectivity index (χ2v) is 4.23. The van der Waals surface area contributed by atoms with E-state index in [9.17, 15) is 4.39 Å². The van der Waals surface area contributed by atoms with Crippen LogP contribution in [0.25, 0.3) is 0 Å². The zero-order chi connectivity index (χ0) is 12.4. The van der Waals surface area contributed by atoms with Crippen molar-refractivity contribution in [3.63, 3.8) is 0 Å². The van der Waals surface area contributed by atoms with Crippen molar-refractivity contribution in [2.75, 3.05) is 5.32 Å². The minimum atomic E-state index is -0.191. The molecule has 0 radical (unpaired) electrons. The van der Waals surface area contributed by atoms with Gasteiger partial charge in [0.15, 0.2) is 0 Å². The number of aryl methyl sites for hydroxylation is 3. The molecule has 0 aliphatic carbocycles. The van der Waals surface area contributed by atoms with Gasteiger partial charge in [-0.05, 0) is 37.1 Å². The Bertz CT molecular complexity index is 531. The minimum absolute atomic E-state index is 0.191. The number of anilines is 1. The fraction of sp³-hybridized carbons (Fsp3) is 0.308. The van der Waals surface area contributed by atoms with Crippen LogP contribution in [0.5, 0.6) is 0 Å². The highest BCUT2D eigenvalue weighted by atomic mass is 19.1. The Kier molecular flexibility index (Phi) is 3.13. The average Bonchev–Trinajstić information content (AvgIpc) is 2.56. The molecule has 1 aromatic carbocycles. The summed E-state index contributed by atoms with van der Waals surface area (Å²) < 4.78 is 14.7. The number of nitrogens with one attached hydrogen (secondary N) is 1. The number of rotatable bonds is 3.